The Labute approximate surface area is 88.9 Å². The Morgan fingerprint density at radius 1 is 1.07 bits per heavy atom. The summed E-state index contributed by atoms with van der Waals surface area (Å²) in [6, 6.07) is 0. The number of esters is 3. The van der Waals surface area contributed by atoms with E-state index in [9.17, 15) is 14.4 Å². The Balaban J connectivity index is 4.04. The van der Waals surface area contributed by atoms with Crippen LogP contribution < -0.4 is 0 Å². The molecule has 0 spiro atoms. The molecule has 0 N–H and O–H groups in total. The second kappa shape index (κ2) is 6.80. The monoisotopic (exact) mass is 219 g/mol. The van der Waals surface area contributed by atoms with Crippen molar-refractivity contribution in [3.63, 3.8) is 0 Å². The van der Waals surface area contributed by atoms with E-state index >= 15 is 0 Å². The van der Waals surface area contributed by atoms with Gasteiger partial charge in [-0.3, -0.25) is 14.4 Å². The average molecular weight is 219 g/mol. The molecule has 0 aliphatic rings. The SMILES string of the molecule is [2H]CC(=O)OCC(COC(C)=O)OC(C)=O. The molecule has 0 aliphatic carbocycles. The minimum atomic E-state index is -0.836. The number of hydrogen-bond donors (Lipinski definition) is 0. The molecule has 0 fully saturated rings. The normalized spacial score (nSPS) is 12.3. The molecule has 15 heavy (non-hydrogen) atoms. The van der Waals surface area contributed by atoms with Gasteiger partial charge in [-0.05, 0) is 0 Å². The molecule has 0 aromatic heterocycles. The smallest absolute Gasteiger partial charge is 0.303 e. The van der Waals surface area contributed by atoms with Gasteiger partial charge in [0.15, 0.2) is 6.10 Å². The molecule has 0 aromatic rings. The van der Waals surface area contributed by atoms with E-state index in [1.165, 1.54) is 13.8 Å². The average Bonchev–Trinajstić information content (AvgIpc) is 2.20. The Kier molecular flexibility index (Phi) is 5.21. The zero-order valence-corrected chi connectivity index (χ0v) is 8.65. The van der Waals surface area contributed by atoms with Crippen molar-refractivity contribution < 1.29 is 30.0 Å². The maximum atomic E-state index is 10.7. The highest BCUT2D eigenvalue weighted by Gasteiger charge is 2.15. The van der Waals surface area contributed by atoms with Crippen LogP contribution >= 0.6 is 0 Å². The van der Waals surface area contributed by atoms with Crippen LogP contribution in [-0.4, -0.2) is 37.2 Å². The van der Waals surface area contributed by atoms with Crippen LogP contribution in [-0.2, 0) is 28.6 Å². The van der Waals surface area contributed by atoms with Crippen LogP contribution in [0.5, 0.6) is 0 Å². The summed E-state index contributed by atoms with van der Waals surface area (Å²) in [5.74, 6) is -1.83. The minimum absolute atomic E-state index is 0.180. The van der Waals surface area contributed by atoms with Gasteiger partial charge in [0.25, 0.3) is 0 Å². The van der Waals surface area contributed by atoms with Crippen LogP contribution in [0.1, 0.15) is 22.1 Å². The van der Waals surface area contributed by atoms with E-state index in [0.717, 1.165) is 0 Å². The first kappa shape index (κ1) is 11.5. The highest BCUT2D eigenvalue weighted by Crippen LogP contribution is 1.97. The molecule has 0 saturated heterocycles. The first-order chi connectivity index (χ1) is 7.45. The molecule has 86 valence electrons. The summed E-state index contributed by atoms with van der Waals surface area (Å²) in [5.41, 5.74) is 0. The fraction of sp³-hybridized carbons (Fsp3) is 0.667. The second-order valence-corrected chi connectivity index (χ2v) is 2.72. The third kappa shape index (κ3) is 8.73. The molecule has 1 atom stereocenters. The van der Waals surface area contributed by atoms with E-state index in [1.807, 2.05) is 0 Å². The molecule has 0 saturated carbocycles. The molecule has 6 heteroatoms. The molecule has 6 nitrogen and oxygen atoms in total. The molecule has 0 radical (unpaired) electrons. The third-order valence-corrected chi connectivity index (χ3v) is 1.24. The van der Waals surface area contributed by atoms with E-state index in [4.69, 9.17) is 6.11 Å². The highest BCUT2D eigenvalue weighted by atomic mass is 16.6. The number of rotatable bonds is 5. The Morgan fingerprint density at radius 2 is 1.60 bits per heavy atom. The lowest BCUT2D eigenvalue weighted by Crippen LogP contribution is -2.29. The minimum Gasteiger partial charge on any atom is -0.462 e. The fourth-order valence-electron chi connectivity index (χ4n) is 0.747. The Bertz CT molecular complexity index is 265. The largest absolute Gasteiger partial charge is 0.462 e. The van der Waals surface area contributed by atoms with Gasteiger partial charge in [-0.25, -0.2) is 0 Å². The van der Waals surface area contributed by atoms with Gasteiger partial charge in [-0.15, -0.1) is 0 Å². The van der Waals surface area contributed by atoms with Gasteiger partial charge in [0.05, 0.1) is 0 Å². The number of carbonyl (C=O) groups excluding carboxylic acids is 3. The maximum Gasteiger partial charge on any atom is 0.303 e. The van der Waals surface area contributed by atoms with Gasteiger partial charge in [0, 0.05) is 22.1 Å². The van der Waals surface area contributed by atoms with E-state index in [2.05, 4.69) is 9.47 Å². The van der Waals surface area contributed by atoms with Crippen molar-refractivity contribution in [1.82, 2.24) is 0 Å². The van der Waals surface area contributed by atoms with Gasteiger partial charge in [-0.1, -0.05) is 0 Å². The van der Waals surface area contributed by atoms with Crippen molar-refractivity contribution in [3.8, 4) is 0 Å². The maximum absolute atomic E-state index is 10.7. The topological polar surface area (TPSA) is 78.9 Å². The van der Waals surface area contributed by atoms with Crippen molar-refractivity contribution in [1.29, 1.82) is 0 Å². The molecule has 0 rings (SSSR count). The van der Waals surface area contributed by atoms with Crippen molar-refractivity contribution in [2.24, 2.45) is 0 Å². The molecule has 0 heterocycles. The van der Waals surface area contributed by atoms with Crippen LogP contribution in [0.3, 0.4) is 0 Å². The highest BCUT2D eigenvalue weighted by molar-refractivity contribution is 5.67. The first-order valence-electron chi connectivity index (χ1n) is 4.91. The van der Waals surface area contributed by atoms with Crippen molar-refractivity contribution in [2.45, 2.75) is 26.9 Å². The van der Waals surface area contributed by atoms with Gasteiger partial charge in [0.2, 0.25) is 0 Å². The lowest BCUT2D eigenvalue weighted by molar-refractivity contribution is -0.163. The van der Waals surface area contributed by atoms with E-state index in [-0.39, 0.29) is 13.2 Å². The molecule has 0 aliphatic heterocycles. The quantitative estimate of drug-likeness (QED) is 0.480. The molecule has 0 bridgehead atoms. The molecular weight excluding hydrogens is 204 g/mol. The van der Waals surface area contributed by atoms with Crippen LogP contribution in [0, 0.1) is 0 Å². The van der Waals surface area contributed by atoms with Crippen LogP contribution in [0.2, 0.25) is 0 Å². The van der Waals surface area contributed by atoms with Gasteiger partial charge < -0.3 is 14.2 Å². The summed E-state index contributed by atoms with van der Waals surface area (Å²) in [4.78, 5) is 31.9. The summed E-state index contributed by atoms with van der Waals surface area (Å²) < 4.78 is 20.6. The molecule has 1 unspecified atom stereocenters. The van der Waals surface area contributed by atoms with Gasteiger partial charge in [-0.2, -0.15) is 0 Å². The summed E-state index contributed by atoms with van der Waals surface area (Å²) in [7, 11) is 0. The van der Waals surface area contributed by atoms with Crippen LogP contribution in [0.4, 0.5) is 0 Å². The molecule has 0 aromatic carbocycles. The van der Waals surface area contributed by atoms with Crippen LogP contribution in [0.25, 0.3) is 0 Å². The van der Waals surface area contributed by atoms with Crippen LogP contribution in [0.15, 0.2) is 0 Å². The van der Waals surface area contributed by atoms with Crippen molar-refractivity contribution >= 4 is 17.9 Å². The summed E-state index contributed by atoms with van der Waals surface area (Å²) in [6.45, 7) is 1.47. The summed E-state index contributed by atoms with van der Waals surface area (Å²) in [5, 5.41) is 0. The molecule has 0 amide bonds. The lowest BCUT2D eigenvalue weighted by Gasteiger charge is -2.15. The van der Waals surface area contributed by atoms with Crippen molar-refractivity contribution in [3.05, 3.63) is 0 Å². The predicted octanol–water partition coefficient (Wildman–Crippen LogP) is 0.0443. The van der Waals surface area contributed by atoms with E-state index in [0.29, 0.717) is 0 Å². The second-order valence-electron chi connectivity index (χ2n) is 2.72. The zero-order valence-electron chi connectivity index (χ0n) is 9.65. The van der Waals surface area contributed by atoms with Gasteiger partial charge in [0.1, 0.15) is 13.2 Å². The first-order valence-corrected chi connectivity index (χ1v) is 4.21. The lowest BCUT2D eigenvalue weighted by atomic mass is 10.4. The Hall–Kier alpha value is -1.59. The fourth-order valence-corrected chi connectivity index (χ4v) is 0.747. The van der Waals surface area contributed by atoms with E-state index < -0.39 is 30.9 Å². The van der Waals surface area contributed by atoms with Crippen molar-refractivity contribution in [2.75, 3.05) is 13.2 Å². The number of ether oxygens (including phenoxy) is 3. The number of hydrogen-bond acceptors (Lipinski definition) is 6. The predicted molar refractivity (Wildman–Crippen MR) is 48.8 cm³/mol. The summed E-state index contributed by atoms with van der Waals surface area (Å²) >= 11 is 0. The standard InChI is InChI=1S/C9H14O6/c1-6(10)13-4-9(15-8(3)12)5-14-7(2)11/h9H,4-5H2,1-3H3/i1D. The summed E-state index contributed by atoms with van der Waals surface area (Å²) in [6.07, 6.45) is -0.836. The molecular formula is C9H14O6. The zero-order chi connectivity index (χ0) is 12.6. The Morgan fingerprint density at radius 3 is 2.00 bits per heavy atom. The van der Waals surface area contributed by atoms with E-state index in [1.54, 1.807) is 0 Å². The van der Waals surface area contributed by atoms with Gasteiger partial charge >= 0.3 is 17.9 Å². The number of carbonyl (C=O) groups is 3. The third-order valence-electron chi connectivity index (χ3n) is 1.24.